The van der Waals surface area contributed by atoms with Crippen molar-refractivity contribution in [3.63, 3.8) is 0 Å². The Labute approximate surface area is 212 Å². The maximum absolute atomic E-state index is 12.7. The van der Waals surface area contributed by atoms with Crippen LogP contribution in [0.25, 0.3) is 27.7 Å². The minimum Gasteiger partial charge on any atom is -0.496 e. The summed E-state index contributed by atoms with van der Waals surface area (Å²) in [7, 11) is 4.87. The molecule has 0 radical (unpaired) electrons. The van der Waals surface area contributed by atoms with Crippen molar-refractivity contribution in [1.29, 1.82) is 0 Å². The van der Waals surface area contributed by atoms with Gasteiger partial charge in [-0.3, -0.25) is 4.79 Å². The molecule has 1 aliphatic rings. The fourth-order valence-corrected chi connectivity index (χ4v) is 4.90. The van der Waals surface area contributed by atoms with Crippen molar-refractivity contribution in [3.8, 4) is 28.4 Å². The molecule has 0 saturated carbocycles. The van der Waals surface area contributed by atoms with Crippen molar-refractivity contribution in [1.82, 2.24) is 5.32 Å². The highest BCUT2D eigenvalue weighted by atomic mass is 16.5. The number of hydrogen-bond acceptors (Lipinski definition) is 5. The van der Waals surface area contributed by atoms with Gasteiger partial charge in [-0.1, -0.05) is 17.7 Å². The fourth-order valence-electron chi connectivity index (χ4n) is 4.90. The summed E-state index contributed by atoms with van der Waals surface area (Å²) in [5.74, 6) is 1.91. The van der Waals surface area contributed by atoms with Crippen LogP contribution in [0.2, 0.25) is 0 Å². The molecule has 0 spiro atoms. The maximum Gasteiger partial charge on any atom is 0.244 e. The first kappa shape index (κ1) is 25.4. The number of allylic oxidation sites excluding steroid dienone is 2. The molecule has 0 unspecified atom stereocenters. The fraction of sp³-hybridized carbons (Fsp3) is 0.367. The lowest BCUT2D eigenvalue weighted by molar-refractivity contribution is -0.116. The number of aryl methyl sites for hydroxylation is 1. The second-order valence-electron chi connectivity index (χ2n) is 9.15. The van der Waals surface area contributed by atoms with Crippen LogP contribution >= 0.6 is 0 Å². The Morgan fingerprint density at radius 3 is 2.58 bits per heavy atom. The predicted molar refractivity (Wildman–Crippen MR) is 144 cm³/mol. The molecular formula is C30H35NO5. The van der Waals surface area contributed by atoms with Gasteiger partial charge in [-0.2, -0.15) is 0 Å². The normalized spacial score (nSPS) is 13.9. The first-order valence-corrected chi connectivity index (χ1v) is 12.4. The van der Waals surface area contributed by atoms with Crippen LogP contribution < -0.4 is 19.5 Å². The van der Waals surface area contributed by atoms with Gasteiger partial charge < -0.3 is 23.9 Å². The molecule has 0 saturated heterocycles. The number of benzene rings is 2. The van der Waals surface area contributed by atoms with Gasteiger partial charge in [0.05, 0.1) is 27.6 Å². The van der Waals surface area contributed by atoms with Gasteiger partial charge in [0.15, 0.2) is 11.5 Å². The Balaban J connectivity index is 1.64. The highest BCUT2D eigenvalue weighted by Crippen LogP contribution is 2.42. The molecule has 1 aliphatic carbocycles. The van der Waals surface area contributed by atoms with Crippen LogP contribution in [0, 0.1) is 6.92 Å². The van der Waals surface area contributed by atoms with E-state index in [1.807, 2.05) is 38.1 Å². The van der Waals surface area contributed by atoms with E-state index in [9.17, 15) is 4.79 Å². The van der Waals surface area contributed by atoms with Gasteiger partial charge in [-0.25, -0.2) is 0 Å². The lowest BCUT2D eigenvalue weighted by atomic mass is 9.96. The Hall–Kier alpha value is -3.67. The van der Waals surface area contributed by atoms with Crippen molar-refractivity contribution in [2.75, 3.05) is 27.9 Å². The number of amides is 1. The Kier molecular flexibility index (Phi) is 8.04. The molecule has 190 valence electrons. The lowest BCUT2D eigenvalue weighted by Crippen LogP contribution is -2.23. The summed E-state index contributed by atoms with van der Waals surface area (Å²) in [5.41, 5.74) is 6.64. The molecular weight excluding hydrogens is 454 g/mol. The predicted octanol–water partition coefficient (Wildman–Crippen LogP) is 6.84. The summed E-state index contributed by atoms with van der Waals surface area (Å²) in [5, 5.41) is 3.97. The molecule has 1 heterocycles. The van der Waals surface area contributed by atoms with Gasteiger partial charge in [0, 0.05) is 34.7 Å². The number of methoxy groups -OCH3 is 3. The quantitative estimate of drug-likeness (QED) is 0.263. The summed E-state index contributed by atoms with van der Waals surface area (Å²) in [6.07, 6.45) is 11.4. The molecule has 1 N–H and O–H groups in total. The number of carbonyl (C=O) groups is 1. The molecule has 6 heteroatoms. The summed E-state index contributed by atoms with van der Waals surface area (Å²) in [6.45, 7) is 4.55. The van der Waals surface area contributed by atoms with Crippen LogP contribution in [0.5, 0.6) is 17.2 Å². The second-order valence-corrected chi connectivity index (χ2v) is 9.15. The third-order valence-electron chi connectivity index (χ3n) is 6.85. The van der Waals surface area contributed by atoms with E-state index in [0.29, 0.717) is 23.8 Å². The van der Waals surface area contributed by atoms with Crippen LogP contribution in [0.1, 0.15) is 50.2 Å². The van der Waals surface area contributed by atoms with Gasteiger partial charge in [0.1, 0.15) is 11.3 Å². The second kappa shape index (κ2) is 11.4. The van der Waals surface area contributed by atoms with Gasteiger partial charge in [0.25, 0.3) is 0 Å². The molecule has 4 rings (SSSR count). The SMILES string of the molecule is COc1ccc(-c2coc3c(C)c(OC)c(/C(C)=C/C(=O)NCCC4=CCCCC4)cc23)cc1OC. The van der Waals surface area contributed by atoms with Gasteiger partial charge >= 0.3 is 0 Å². The van der Waals surface area contributed by atoms with Gasteiger partial charge in [-0.05, 0) is 75.3 Å². The third kappa shape index (κ3) is 5.27. The number of ether oxygens (including phenoxy) is 3. The molecule has 0 aliphatic heterocycles. The first-order valence-electron chi connectivity index (χ1n) is 12.4. The Morgan fingerprint density at radius 2 is 1.89 bits per heavy atom. The van der Waals surface area contributed by atoms with Gasteiger partial charge in [0.2, 0.25) is 5.91 Å². The molecule has 1 aromatic heterocycles. The van der Waals surface area contributed by atoms with Crippen molar-refractivity contribution in [2.45, 2.75) is 46.0 Å². The van der Waals surface area contributed by atoms with E-state index in [0.717, 1.165) is 58.1 Å². The molecule has 1 amide bonds. The van der Waals surface area contributed by atoms with Crippen LogP contribution in [0.3, 0.4) is 0 Å². The van der Waals surface area contributed by atoms with Crippen LogP contribution in [-0.4, -0.2) is 33.8 Å². The van der Waals surface area contributed by atoms with Crippen LogP contribution in [0.4, 0.5) is 0 Å². The van der Waals surface area contributed by atoms with E-state index in [4.69, 9.17) is 18.6 Å². The van der Waals surface area contributed by atoms with Crippen LogP contribution in [0.15, 0.2) is 52.7 Å². The van der Waals surface area contributed by atoms with E-state index >= 15 is 0 Å². The summed E-state index contributed by atoms with van der Waals surface area (Å²) >= 11 is 0. The number of rotatable bonds is 9. The van der Waals surface area contributed by atoms with E-state index in [1.54, 1.807) is 33.7 Å². The Bertz CT molecular complexity index is 1310. The molecule has 6 nitrogen and oxygen atoms in total. The zero-order valence-electron chi connectivity index (χ0n) is 21.8. The first-order chi connectivity index (χ1) is 17.5. The van der Waals surface area contributed by atoms with Crippen molar-refractivity contribution < 1.29 is 23.4 Å². The average molecular weight is 490 g/mol. The molecule has 0 atom stereocenters. The zero-order valence-corrected chi connectivity index (χ0v) is 21.8. The smallest absolute Gasteiger partial charge is 0.244 e. The number of fused-ring (bicyclic) bond motifs is 1. The van der Waals surface area contributed by atoms with Crippen molar-refractivity contribution >= 4 is 22.4 Å². The number of carbonyl (C=O) groups excluding carboxylic acids is 1. The lowest BCUT2D eigenvalue weighted by Gasteiger charge is -2.14. The molecule has 0 fully saturated rings. The largest absolute Gasteiger partial charge is 0.496 e. The standard InChI is InChI=1S/C30H35NO5/c1-19(15-28(32)31-14-13-21-9-7-6-8-10-21)23-17-24-25(18-36-30(24)20(2)29(23)35-5)22-11-12-26(33-3)27(16-22)34-4/h9,11-12,15-18H,6-8,10,13-14H2,1-5H3,(H,31,32)/b19-15+. The van der Waals surface area contributed by atoms with Crippen LogP contribution in [-0.2, 0) is 4.79 Å². The van der Waals surface area contributed by atoms with E-state index in [-0.39, 0.29) is 5.91 Å². The number of hydrogen-bond donors (Lipinski definition) is 1. The van der Waals surface area contributed by atoms with Crippen molar-refractivity contribution in [2.24, 2.45) is 0 Å². The number of nitrogens with one attached hydrogen (secondary N) is 1. The summed E-state index contributed by atoms with van der Waals surface area (Å²) < 4.78 is 22.6. The zero-order chi connectivity index (χ0) is 25.7. The monoisotopic (exact) mass is 489 g/mol. The minimum absolute atomic E-state index is 0.101. The Morgan fingerprint density at radius 1 is 1.08 bits per heavy atom. The van der Waals surface area contributed by atoms with E-state index in [2.05, 4.69) is 11.4 Å². The molecule has 2 aromatic carbocycles. The van der Waals surface area contributed by atoms with Crippen molar-refractivity contribution in [3.05, 3.63) is 59.4 Å². The average Bonchev–Trinajstić information content (AvgIpc) is 3.33. The topological polar surface area (TPSA) is 69.9 Å². The van der Waals surface area contributed by atoms with E-state index in [1.165, 1.54) is 18.4 Å². The molecule has 36 heavy (non-hydrogen) atoms. The molecule has 3 aromatic rings. The minimum atomic E-state index is -0.101. The van der Waals surface area contributed by atoms with Gasteiger partial charge in [-0.15, -0.1) is 0 Å². The molecule has 0 bridgehead atoms. The highest BCUT2D eigenvalue weighted by molar-refractivity contribution is 6.01. The maximum atomic E-state index is 12.7. The van der Waals surface area contributed by atoms with E-state index < -0.39 is 0 Å². The summed E-state index contributed by atoms with van der Waals surface area (Å²) in [4.78, 5) is 12.7. The number of furan rings is 1. The summed E-state index contributed by atoms with van der Waals surface area (Å²) in [6, 6.07) is 7.81. The highest BCUT2D eigenvalue weighted by Gasteiger charge is 2.19. The third-order valence-corrected chi connectivity index (χ3v) is 6.85.